The van der Waals surface area contributed by atoms with E-state index in [1.807, 2.05) is 29.2 Å². The standard InChI is InChI=1S/C19H26N4O.2ClH/c1-12(2)23(13(3)4)19(24)15-8-6-5-7-14(15)18-21-16-9-10-20-11-17(16)22-18;;/h5-8,12-13,20H,9-11H2,1-4H3,(H,21,22);2*1H. The van der Waals surface area contributed by atoms with Gasteiger partial charge in [0.15, 0.2) is 0 Å². The third kappa shape index (κ3) is 4.40. The van der Waals surface area contributed by atoms with Crippen LogP contribution in [0.1, 0.15) is 49.4 Å². The van der Waals surface area contributed by atoms with Gasteiger partial charge in [0, 0.05) is 37.2 Å². The van der Waals surface area contributed by atoms with Gasteiger partial charge in [-0.2, -0.15) is 0 Å². The third-order valence-electron chi connectivity index (χ3n) is 4.46. The van der Waals surface area contributed by atoms with Crippen LogP contribution in [-0.2, 0) is 13.0 Å². The lowest BCUT2D eigenvalue weighted by Gasteiger charge is -2.31. The summed E-state index contributed by atoms with van der Waals surface area (Å²) >= 11 is 0. The molecule has 2 heterocycles. The highest BCUT2D eigenvalue weighted by Gasteiger charge is 2.25. The van der Waals surface area contributed by atoms with Crippen LogP contribution in [0.5, 0.6) is 0 Å². The molecule has 5 nitrogen and oxygen atoms in total. The second-order valence-electron chi connectivity index (χ2n) is 6.88. The van der Waals surface area contributed by atoms with Gasteiger partial charge in [0.05, 0.1) is 17.0 Å². The number of fused-ring (bicyclic) bond motifs is 1. The number of halogens is 2. The Bertz CT molecular complexity index is 711. The summed E-state index contributed by atoms with van der Waals surface area (Å²) in [5, 5.41) is 3.34. The van der Waals surface area contributed by atoms with E-state index in [0.29, 0.717) is 5.56 Å². The number of aromatic nitrogens is 2. The lowest BCUT2D eigenvalue weighted by atomic mass is 10.0. The molecule has 0 radical (unpaired) electrons. The minimum atomic E-state index is 0. The Morgan fingerprint density at radius 3 is 2.38 bits per heavy atom. The molecule has 0 saturated carbocycles. The van der Waals surface area contributed by atoms with Crippen LogP contribution in [0.15, 0.2) is 24.3 Å². The van der Waals surface area contributed by atoms with E-state index in [9.17, 15) is 4.79 Å². The zero-order valence-corrected chi connectivity index (χ0v) is 17.3. The Morgan fingerprint density at radius 2 is 1.77 bits per heavy atom. The largest absolute Gasteiger partial charge is 0.341 e. The number of benzene rings is 1. The van der Waals surface area contributed by atoms with Gasteiger partial charge in [-0.3, -0.25) is 4.79 Å². The molecule has 144 valence electrons. The summed E-state index contributed by atoms with van der Waals surface area (Å²) in [6, 6.07) is 8.05. The van der Waals surface area contributed by atoms with Crippen LogP contribution in [-0.4, -0.2) is 39.4 Å². The molecule has 0 aliphatic carbocycles. The number of nitrogens with one attached hydrogen (secondary N) is 2. The number of nitrogens with zero attached hydrogens (tertiary/aromatic N) is 2. The zero-order chi connectivity index (χ0) is 17.3. The van der Waals surface area contributed by atoms with E-state index in [4.69, 9.17) is 4.98 Å². The Balaban J connectivity index is 0.00000169. The summed E-state index contributed by atoms with van der Waals surface area (Å²) in [7, 11) is 0. The van der Waals surface area contributed by atoms with Crippen molar-refractivity contribution in [1.82, 2.24) is 20.2 Å². The Kier molecular flexibility index (Phi) is 8.13. The summed E-state index contributed by atoms with van der Waals surface area (Å²) in [4.78, 5) is 23.2. The number of aromatic amines is 1. The van der Waals surface area contributed by atoms with Crippen molar-refractivity contribution in [2.75, 3.05) is 6.54 Å². The van der Waals surface area contributed by atoms with E-state index < -0.39 is 0 Å². The van der Waals surface area contributed by atoms with E-state index in [2.05, 4.69) is 38.0 Å². The highest BCUT2D eigenvalue weighted by Crippen LogP contribution is 2.26. The van der Waals surface area contributed by atoms with Crippen molar-refractivity contribution in [3.05, 3.63) is 41.2 Å². The molecule has 0 fully saturated rings. The SMILES string of the molecule is CC(C)N(C(=O)c1ccccc1-c1nc2c([nH]1)CNCC2)C(C)C.Cl.Cl. The van der Waals surface area contributed by atoms with Gasteiger partial charge in [-0.1, -0.05) is 18.2 Å². The summed E-state index contributed by atoms with van der Waals surface area (Å²) < 4.78 is 0. The van der Waals surface area contributed by atoms with Crippen molar-refractivity contribution in [1.29, 1.82) is 0 Å². The van der Waals surface area contributed by atoms with Gasteiger partial charge in [-0.25, -0.2) is 4.98 Å². The first-order chi connectivity index (χ1) is 11.5. The molecule has 0 bridgehead atoms. The lowest BCUT2D eigenvalue weighted by molar-refractivity contribution is 0.0644. The highest BCUT2D eigenvalue weighted by atomic mass is 35.5. The van der Waals surface area contributed by atoms with Crippen molar-refractivity contribution in [2.45, 2.75) is 52.7 Å². The molecular weight excluding hydrogens is 371 g/mol. The van der Waals surface area contributed by atoms with E-state index in [1.165, 1.54) is 0 Å². The number of amides is 1. The van der Waals surface area contributed by atoms with Gasteiger partial charge < -0.3 is 15.2 Å². The number of hydrogen-bond donors (Lipinski definition) is 2. The Labute approximate surface area is 167 Å². The first kappa shape index (κ1) is 22.5. The molecule has 0 atom stereocenters. The molecule has 2 aromatic rings. The number of carbonyl (C=O) groups excluding carboxylic acids is 1. The average molecular weight is 399 g/mol. The first-order valence-corrected chi connectivity index (χ1v) is 8.69. The minimum Gasteiger partial charge on any atom is -0.341 e. The van der Waals surface area contributed by atoms with Gasteiger partial charge in [0.25, 0.3) is 5.91 Å². The Hall–Kier alpha value is -1.56. The van der Waals surface area contributed by atoms with Crippen LogP contribution in [0.4, 0.5) is 0 Å². The fourth-order valence-corrected chi connectivity index (χ4v) is 3.43. The summed E-state index contributed by atoms with van der Waals surface area (Å²) in [5.74, 6) is 0.850. The van der Waals surface area contributed by atoms with Crippen molar-refractivity contribution in [2.24, 2.45) is 0 Å². The maximum absolute atomic E-state index is 13.1. The smallest absolute Gasteiger partial charge is 0.255 e. The minimum absolute atomic E-state index is 0. The van der Waals surface area contributed by atoms with Gasteiger partial charge in [-0.15, -0.1) is 24.8 Å². The molecule has 2 N–H and O–H groups in total. The molecule has 1 amide bonds. The number of rotatable bonds is 4. The van der Waals surface area contributed by atoms with Crippen molar-refractivity contribution < 1.29 is 4.79 Å². The maximum atomic E-state index is 13.1. The van der Waals surface area contributed by atoms with Gasteiger partial charge in [-0.05, 0) is 33.8 Å². The lowest BCUT2D eigenvalue weighted by Crippen LogP contribution is -2.42. The summed E-state index contributed by atoms with van der Waals surface area (Å²) in [6.07, 6.45) is 0.923. The van der Waals surface area contributed by atoms with E-state index in [-0.39, 0.29) is 42.8 Å². The van der Waals surface area contributed by atoms with Crippen molar-refractivity contribution in [3.63, 3.8) is 0 Å². The fourth-order valence-electron chi connectivity index (χ4n) is 3.43. The van der Waals surface area contributed by atoms with Crippen LogP contribution < -0.4 is 5.32 Å². The van der Waals surface area contributed by atoms with Crippen molar-refractivity contribution in [3.8, 4) is 11.4 Å². The van der Waals surface area contributed by atoms with Crippen LogP contribution in [0.25, 0.3) is 11.4 Å². The molecular formula is C19H28Cl2N4O. The number of H-pyrrole nitrogens is 1. The summed E-state index contributed by atoms with van der Waals surface area (Å²) in [6.45, 7) is 9.97. The maximum Gasteiger partial charge on any atom is 0.255 e. The second kappa shape index (κ2) is 9.40. The summed E-state index contributed by atoms with van der Waals surface area (Å²) in [5.41, 5.74) is 3.82. The fraction of sp³-hybridized carbons (Fsp3) is 0.474. The van der Waals surface area contributed by atoms with Crippen LogP contribution in [0.2, 0.25) is 0 Å². The van der Waals surface area contributed by atoms with E-state index in [1.54, 1.807) is 0 Å². The van der Waals surface area contributed by atoms with Crippen LogP contribution >= 0.6 is 24.8 Å². The zero-order valence-electron chi connectivity index (χ0n) is 15.7. The average Bonchev–Trinajstić information content (AvgIpc) is 2.98. The molecule has 0 spiro atoms. The van der Waals surface area contributed by atoms with Gasteiger partial charge in [0.1, 0.15) is 5.82 Å². The topological polar surface area (TPSA) is 61.0 Å². The molecule has 1 aromatic heterocycles. The molecule has 1 aromatic carbocycles. The molecule has 26 heavy (non-hydrogen) atoms. The first-order valence-electron chi connectivity index (χ1n) is 8.69. The highest BCUT2D eigenvalue weighted by molar-refractivity contribution is 6.00. The normalized spacial score (nSPS) is 13.0. The van der Waals surface area contributed by atoms with Crippen LogP contribution in [0, 0.1) is 0 Å². The predicted molar refractivity (Wildman–Crippen MR) is 110 cm³/mol. The van der Waals surface area contributed by atoms with Crippen molar-refractivity contribution >= 4 is 30.7 Å². The van der Waals surface area contributed by atoms with Crippen LogP contribution in [0.3, 0.4) is 0 Å². The van der Waals surface area contributed by atoms with E-state index >= 15 is 0 Å². The predicted octanol–water partition coefficient (Wildman–Crippen LogP) is 3.83. The number of imidazole rings is 1. The molecule has 0 saturated heterocycles. The Morgan fingerprint density at radius 1 is 1.12 bits per heavy atom. The molecule has 1 aliphatic heterocycles. The van der Waals surface area contributed by atoms with Gasteiger partial charge in [0.2, 0.25) is 0 Å². The molecule has 7 heteroatoms. The number of hydrogen-bond acceptors (Lipinski definition) is 3. The molecule has 0 unspecified atom stereocenters. The second-order valence-corrected chi connectivity index (χ2v) is 6.88. The molecule has 1 aliphatic rings. The van der Waals surface area contributed by atoms with E-state index in [0.717, 1.165) is 42.3 Å². The third-order valence-corrected chi connectivity index (χ3v) is 4.46. The quantitative estimate of drug-likeness (QED) is 0.822. The monoisotopic (exact) mass is 398 g/mol. The number of carbonyl (C=O) groups is 1. The van der Waals surface area contributed by atoms with Gasteiger partial charge >= 0.3 is 0 Å². The molecule has 3 rings (SSSR count).